The molecule has 2 rings (SSSR count). The Morgan fingerprint density at radius 1 is 0.864 bits per heavy atom. The zero-order valence-corrected chi connectivity index (χ0v) is 12.2. The van der Waals surface area contributed by atoms with Crippen molar-refractivity contribution >= 4 is 0 Å². The van der Waals surface area contributed by atoms with Crippen molar-refractivity contribution in [3.63, 3.8) is 0 Å². The van der Waals surface area contributed by atoms with Gasteiger partial charge < -0.3 is 15.7 Å². The number of hydrogen-bond donors (Lipinski definition) is 5. The van der Waals surface area contributed by atoms with Crippen LogP contribution in [0.1, 0.15) is 24.5 Å². The van der Waals surface area contributed by atoms with Gasteiger partial charge in [-0.2, -0.15) is 0 Å². The quantitative estimate of drug-likeness (QED) is 0.468. The molecule has 0 saturated carbocycles. The highest BCUT2D eigenvalue weighted by Gasteiger charge is 1.97. The van der Waals surface area contributed by atoms with E-state index in [2.05, 4.69) is 19.9 Å². The predicted octanol–water partition coefficient (Wildman–Crippen LogP) is -1.42. The number of aromatic nitrogens is 4. The molecule has 0 saturated heterocycles. The summed E-state index contributed by atoms with van der Waals surface area (Å²) >= 11 is 0. The maximum absolute atomic E-state index is 11.0. The fourth-order valence-corrected chi connectivity index (χ4v) is 1.67. The number of aromatic amines is 4. The summed E-state index contributed by atoms with van der Waals surface area (Å²) in [6.45, 7) is 2.37. The molecular weight excluding hydrogens is 290 g/mol. The largest absolute Gasteiger partial charge is 0.330 e. The zero-order chi connectivity index (χ0) is 16.5. The van der Waals surface area contributed by atoms with Crippen LogP contribution >= 0.6 is 0 Å². The van der Waals surface area contributed by atoms with E-state index in [9.17, 15) is 19.2 Å². The molecule has 2 aromatic rings. The van der Waals surface area contributed by atoms with E-state index in [-0.39, 0.29) is 11.1 Å². The maximum atomic E-state index is 11.0. The van der Waals surface area contributed by atoms with Crippen molar-refractivity contribution in [2.75, 3.05) is 6.54 Å². The van der Waals surface area contributed by atoms with Gasteiger partial charge in [-0.1, -0.05) is 13.3 Å². The van der Waals surface area contributed by atoms with Crippen LogP contribution in [0.5, 0.6) is 0 Å². The minimum Gasteiger partial charge on any atom is -0.330 e. The molecule has 9 nitrogen and oxygen atoms in total. The van der Waals surface area contributed by atoms with Gasteiger partial charge in [0.25, 0.3) is 11.1 Å². The molecule has 0 bridgehead atoms. The molecule has 0 unspecified atom stereocenters. The Kier molecular flexibility index (Phi) is 6.77. The minimum absolute atomic E-state index is 0.282. The standard InChI is InChI=1S/C7H10N2O2.C6H9N3O2/c1-2-3-5-4-8-7(11)9-6(5)10;7-2-1-4-3-8-6(11)9-5(4)10/h4H,2-3H2,1H3,(H2,8,9,10,11);3H,1-2,7H2,(H2,8,9,10,11). The summed E-state index contributed by atoms with van der Waals surface area (Å²) in [5.41, 5.74) is 4.78. The molecular formula is C13H19N5O4. The van der Waals surface area contributed by atoms with Crippen molar-refractivity contribution in [3.8, 4) is 0 Å². The Morgan fingerprint density at radius 3 is 1.68 bits per heavy atom. The second kappa shape index (κ2) is 8.57. The molecule has 0 spiro atoms. The van der Waals surface area contributed by atoms with Gasteiger partial charge in [-0.05, 0) is 19.4 Å². The Morgan fingerprint density at radius 2 is 1.32 bits per heavy atom. The molecule has 0 aliphatic rings. The molecule has 0 radical (unpaired) electrons. The van der Waals surface area contributed by atoms with Crippen molar-refractivity contribution < 1.29 is 0 Å². The van der Waals surface area contributed by atoms with E-state index < -0.39 is 11.4 Å². The summed E-state index contributed by atoms with van der Waals surface area (Å²) in [6.07, 6.45) is 4.92. The molecule has 0 fully saturated rings. The van der Waals surface area contributed by atoms with Crippen LogP contribution in [-0.4, -0.2) is 26.5 Å². The number of nitrogens with two attached hydrogens (primary N) is 1. The fourth-order valence-electron chi connectivity index (χ4n) is 1.67. The van der Waals surface area contributed by atoms with Gasteiger partial charge in [-0.3, -0.25) is 19.6 Å². The van der Waals surface area contributed by atoms with Crippen LogP contribution < -0.4 is 28.2 Å². The zero-order valence-electron chi connectivity index (χ0n) is 12.2. The Hall–Kier alpha value is -2.68. The lowest BCUT2D eigenvalue weighted by Crippen LogP contribution is -2.25. The molecule has 0 aliphatic heterocycles. The van der Waals surface area contributed by atoms with Crippen molar-refractivity contribution in [1.29, 1.82) is 0 Å². The third-order valence-corrected chi connectivity index (χ3v) is 2.73. The number of hydrogen-bond acceptors (Lipinski definition) is 5. The molecule has 6 N–H and O–H groups in total. The van der Waals surface area contributed by atoms with Gasteiger partial charge in [0.15, 0.2) is 0 Å². The van der Waals surface area contributed by atoms with Gasteiger partial charge in [0.05, 0.1) is 0 Å². The first-order valence-corrected chi connectivity index (χ1v) is 6.79. The first-order valence-electron chi connectivity index (χ1n) is 6.79. The average Bonchev–Trinajstić information content (AvgIpc) is 2.46. The van der Waals surface area contributed by atoms with Crippen molar-refractivity contribution in [1.82, 2.24) is 19.9 Å². The van der Waals surface area contributed by atoms with Crippen molar-refractivity contribution in [3.05, 3.63) is 65.2 Å². The first-order chi connectivity index (χ1) is 10.5. The predicted molar refractivity (Wildman–Crippen MR) is 82.1 cm³/mol. The van der Waals surface area contributed by atoms with E-state index in [1.54, 1.807) is 0 Å². The van der Waals surface area contributed by atoms with Gasteiger partial charge in [-0.25, -0.2) is 9.59 Å². The Balaban J connectivity index is 0.000000220. The van der Waals surface area contributed by atoms with E-state index in [0.29, 0.717) is 30.5 Å². The topological polar surface area (TPSA) is 157 Å². The van der Waals surface area contributed by atoms with Crippen LogP contribution in [0, 0.1) is 0 Å². The van der Waals surface area contributed by atoms with Gasteiger partial charge in [-0.15, -0.1) is 0 Å². The fraction of sp³-hybridized carbons (Fsp3) is 0.385. The van der Waals surface area contributed by atoms with E-state index in [1.807, 2.05) is 6.92 Å². The van der Waals surface area contributed by atoms with Crippen LogP contribution in [0.25, 0.3) is 0 Å². The van der Waals surface area contributed by atoms with Gasteiger partial charge in [0, 0.05) is 23.5 Å². The van der Waals surface area contributed by atoms with Crippen LogP contribution in [-0.2, 0) is 12.8 Å². The Bertz CT molecular complexity index is 745. The van der Waals surface area contributed by atoms with Crippen LogP contribution in [0.15, 0.2) is 31.6 Å². The number of rotatable bonds is 4. The second-order valence-corrected chi connectivity index (χ2v) is 4.48. The summed E-state index contributed by atoms with van der Waals surface area (Å²) in [5.74, 6) is 0. The molecule has 0 atom stereocenters. The van der Waals surface area contributed by atoms with Crippen LogP contribution in [0.4, 0.5) is 0 Å². The maximum Gasteiger partial charge on any atom is 0.325 e. The number of H-pyrrole nitrogens is 4. The highest BCUT2D eigenvalue weighted by Crippen LogP contribution is 1.89. The highest BCUT2D eigenvalue weighted by molar-refractivity contribution is 5.03. The lowest BCUT2D eigenvalue weighted by molar-refractivity contribution is 0.872. The molecule has 0 aliphatic carbocycles. The summed E-state index contributed by atoms with van der Waals surface area (Å²) in [5, 5.41) is 0. The minimum atomic E-state index is -0.490. The van der Waals surface area contributed by atoms with Gasteiger partial charge in [0.2, 0.25) is 0 Å². The average molecular weight is 309 g/mol. The number of aryl methyl sites for hydroxylation is 1. The van der Waals surface area contributed by atoms with Gasteiger partial charge >= 0.3 is 11.4 Å². The molecule has 2 heterocycles. The Labute approximate surface area is 124 Å². The third kappa shape index (κ3) is 5.37. The molecule has 22 heavy (non-hydrogen) atoms. The summed E-state index contributed by atoms with van der Waals surface area (Å²) in [6, 6.07) is 0. The molecule has 0 amide bonds. The molecule has 2 aromatic heterocycles. The van der Waals surface area contributed by atoms with E-state index in [4.69, 9.17) is 5.73 Å². The second-order valence-electron chi connectivity index (χ2n) is 4.48. The van der Waals surface area contributed by atoms with E-state index >= 15 is 0 Å². The summed E-state index contributed by atoms with van der Waals surface area (Å²) in [4.78, 5) is 51.9. The molecule has 120 valence electrons. The van der Waals surface area contributed by atoms with Gasteiger partial charge in [0.1, 0.15) is 0 Å². The van der Waals surface area contributed by atoms with Crippen LogP contribution in [0.3, 0.4) is 0 Å². The highest BCUT2D eigenvalue weighted by atomic mass is 16.2. The lowest BCUT2D eigenvalue weighted by Gasteiger charge is -1.93. The SMILES string of the molecule is CCCc1c[nH]c(=O)[nH]c1=O.NCCc1c[nH]c(=O)[nH]c1=O. The normalized spacial score (nSPS) is 9.91. The summed E-state index contributed by atoms with van der Waals surface area (Å²) in [7, 11) is 0. The molecule has 0 aromatic carbocycles. The summed E-state index contributed by atoms with van der Waals surface area (Å²) < 4.78 is 0. The van der Waals surface area contributed by atoms with Crippen LogP contribution in [0.2, 0.25) is 0 Å². The lowest BCUT2D eigenvalue weighted by atomic mass is 10.2. The molecule has 9 heteroatoms. The van der Waals surface area contributed by atoms with E-state index in [1.165, 1.54) is 12.4 Å². The monoisotopic (exact) mass is 309 g/mol. The first kappa shape index (κ1) is 17.4. The number of nitrogens with one attached hydrogen (secondary N) is 4. The third-order valence-electron chi connectivity index (χ3n) is 2.73. The van der Waals surface area contributed by atoms with Crippen molar-refractivity contribution in [2.24, 2.45) is 5.73 Å². The van der Waals surface area contributed by atoms with Crippen molar-refractivity contribution in [2.45, 2.75) is 26.2 Å². The smallest absolute Gasteiger partial charge is 0.325 e. The van der Waals surface area contributed by atoms with E-state index in [0.717, 1.165) is 6.42 Å².